The van der Waals surface area contributed by atoms with Crippen LogP contribution in [0.15, 0.2) is 30.3 Å². The fourth-order valence-corrected chi connectivity index (χ4v) is 2.45. The third kappa shape index (κ3) is 4.79. The van der Waals surface area contributed by atoms with Crippen molar-refractivity contribution in [1.29, 1.82) is 0 Å². The van der Waals surface area contributed by atoms with Crippen molar-refractivity contribution >= 4 is 29.0 Å². The third-order valence-electron chi connectivity index (χ3n) is 3.71. The van der Waals surface area contributed by atoms with Crippen LogP contribution < -0.4 is 16.4 Å². The molecule has 0 fully saturated rings. The predicted molar refractivity (Wildman–Crippen MR) is 92.6 cm³/mol. The fourth-order valence-electron chi connectivity index (χ4n) is 2.18. The minimum absolute atomic E-state index is 0.0627. The van der Waals surface area contributed by atoms with E-state index in [9.17, 15) is 18.0 Å². The van der Waals surface area contributed by atoms with Gasteiger partial charge in [0.05, 0.1) is 22.0 Å². The number of benzene rings is 2. The number of anilines is 2. The van der Waals surface area contributed by atoms with Crippen molar-refractivity contribution in [3.05, 3.63) is 57.6 Å². The number of rotatable bonds is 3. The monoisotopic (exact) mass is 371 g/mol. The van der Waals surface area contributed by atoms with Crippen molar-refractivity contribution in [2.45, 2.75) is 26.6 Å². The summed E-state index contributed by atoms with van der Waals surface area (Å²) in [6.45, 7) is 4.20. The summed E-state index contributed by atoms with van der Waals surface area (Å²) < 4.78 is 38.1. The van der Waals surface area contributed by atoms with Crippen molar-refractivity contribution in [1.82, 2.24) is 5.32 Å². The molecule has 2 amide bonds. The molecule has 0 bridgehead atoms. The second-order valence-corrected chi connectivity index (χ2v) is 6.05. The zero-order chi connectivity index (χ0) is 18.8. The van der Waals surface area contributed by atoms with Gasteiger partial charge in [-0.25, -0.2) is 4.79 Å². The quantitative estimate of drug-likeness (QED) is 0.673. The van der Waals surface area contributed by atoms with Crippen LogP contribution in [0.1, 0.15) is 22.3 Å². The van der Waals surface area contributed by atoms with E-state index in [0.717, 1.165) is 28.8 Å². The molecule has 0 saturated carbocycles. The Morgan fingerprint density at radius 2 is 1.84 bits per heavy atom. The molecular weight excluding hydrogens is 355 g/mol. The molecule has 0 heterocycles. The van der Waals surface area contributed by atoms with Gasteiger partial charge >= 0.3 is 12.2 Å². The van der Waals surface area contributed by atoms with Gasteiger partial charge in [-0.15, -0.1) is 0 Å². The average molecular weight is 372 g/mol. The van der Waals surface area contributed by atoms with Gasteiger partial charge in [0.15, 0.2) is 0 Å². The molecule has 25 heavy (non-hydrogen) atoms. The number of nitrogens with two attached hydrogens (primary N) is 1. The lowest BCUT2D eigenvalue weighted by Crippen LogP contribution is -2.28. The Morgan fingerprint density at radius 3 is 2.40 bits per heavy atom. The van der Waals surface area contributed by atoms with Crippen molar-refractivity contribution < 1.29 is 18.0 Å². The lowest BCUT2D eigenvalue weighted by atomic mass is 10.1. The first-order valence-electron chi connectivity index (χ1n) is 7.35. The Morgan fingerprint density at radius 1 is 1.16 bits per heavy atom. The van der Waals surface area contributed by atoms with E-state index in [1.54, 1.807) is 0 Å². The highest BCUT2D eigenvalue weighted by Gasteiger charge is 2.32. The van der Waals surface area contributed by atoms with Crippen molar-refractivity contribution in [3.8, 4) is 0 Å². The number of halogens is 4. The summed E-state index contributed by atoms with van der Waals surface area (Å²) in [5.41, 5.74) is 7.40. The zero-order valence-corrected chi connectivity index (χ0v) is 14.3. The molecule has 0 radical (unpaired) electrons. The van der Waals surface area contributed by atoms with Gasteiger partial charge in [-0.05, 0) is 42.7 Å². The zero-order valence-electron chi connectivity index (χ0n) is 13.6. The summed E-state index contributed by atoms with van der Waals surface area (Å²) in [5, 5.41) is 4.70. The van der Waals surface area contributed by atoms with E-state index in [1.165, 1.54) is 0 Å². The molecule has 2 rings (SSSR count). The lowest BCUT2D eigenvalue weighted by molar-refractivity contribution is -0.137. The summed E-state index contributed by atoms with van der Waals surface area (Å²) in [7, 11) is 0. The van der Waals surface area contributed by atoms with E-state index in [2.05, 4.69) is 10.6 Å². The second kappa shape index (κ2) is 7.23. The minimum Gasteiger partial charge on any atom is -0.397 e. The summed E-state index contributed by atoms with van der Waals surface area (Å²) in [6.07, 6.45) is -4.57. The summed E-state index contributed by atoms with van der Waals surface area (Å²) in [5.74, 6) is 0. The molecule has 0 saturated heterocycles. The molecular formula is C17H17ClF3N3O. The van der Waals surface area contributed by atoms with E-state index in [-0.39, 0.29) is 22.9 Å². The average Bonchev–Trinajstić information content (AvgIpc) is 2.51. The number of hydrogen-bond acceptors (Lipinski definition) is 2. The van der Waals surface area contributed by atoms with Gasteiger partial charge in [0.1, 0.15) is 0 Å². The molecule has 134 valence electrons. The Balaban J connectivity index is 2.06. The van der Waals surface area contributed by atoms with Crippen LogP contribution in [-0.4, -0.2) is 6.03 Å². The molecule has 4 N–H and O–H groups in total. The minimum atomic E-state index is -4.57. The van der Waals surface area contributed by atoms with Crippen molar-refractivity contribution in [3.63, 3.8) is 0 Å². The van der Waals surface area contributed by atoms with Crippen LogP contribution >= 0.6 is 11.6 Å². The second-order valence-electron chi connectivity index (χ2n) is 5.65. The van der Waals surface area contributed by atoms with Gasteiger partial charge in [0.2, 0.25) is 0 Å². The van der Waals surface area contributed by atoms with Gasteiger partial charge in [0, 0.05) is 6.54 Å². The highest BCUT2D eigenvalue weighted by molar-refractivity contribution is 6.34. The van der Waals surface area contributed by atoms with E-state index in [4.69, 9.17) is 17.3 Å². The van der Waals surface area contributed by atoms with Gasteiger partial charge in [0.25, 0.3) is 0 Å². The normalized spacial score (nSPS) is 11.3. The number of aryl methyl sites for hydroxylation is 2. The summed E-state index contributed by atoms with van der Waals surface area (Å²) in [4.78, 5) is 12.0. The van der Waals surface area contributed by atoms with E-state index in [0.29, 0.717) is 0 Å². The van der Waals surface area contributed by atoms with Crippen molar-refractivity contribution in [2.75, 3.05) is 11.1 Å². The van der Waals surface area contributed by atoms with Crippen LogP contribution in [0.2, 0.25) is 5.02 Å². The SMILES string of the molecule is Cc1ccc(CNC(=O)Nc2c(N)cc(C(F)(F)F)cc2Cl)cc1C. The van der Waals surface area contributed by atoms with Crippen LogP contribution in [0.3, 0.4) is 0 Å². The summed E-state index contributed by atoms with van der Waals surface area (Å²) in [6, 6.07) is 6.58. The number of nitrogens with one attached hydrogen (secondary N) is 2. The molecule has 0 unspecified atom stereocenters. The van der Waals surface area contributed by atoms with Crippen LogP contribution in [-0.2, 0) is 12.7 Å². The lowest BCUT2D eigenvalue weighted by Gasteiger charge is -2.14. The first-order valence-corrected chi connectivity index (χ1v) is 7.73. The first kappa shape index (κ1) is 18.9. The fraction of sp³-hybridized carbons (Fsp3) is 0.235. The van der Waals surface area contributed by atoms with Crippen LogP contribution in [0.25, 0.3) is 0 Å². The van der Waals surface area contributed by atoms with Gasteiger partial charge in [-0.3, -0.25) is 0 Å². The molecule has 0 aliphatic rings. The number of hydrogen-bond donors (Lipinski definition) is 3. The van der Waals surface area contributed by atoms with Gasteiger partial charge in [-0.1, -0.05) is 29.8 Å². The number of carbonyl (C=O) groups is 1. The molecule has 2 aromatic carbocycles. The smallest absolute Gasteiger partial charge is 0.397 e. The molecule has 2 aromatic rings. The molecule has 0 aliphatic carbocycles. The number of nitrogen functional groups attached to an aromatic ring is 1. The highest BCUT2D eigenvalue weighted by atomic mass is 35.5. The van der Waals surface area contributed by atoms with E-state index >= 15 is 0 Å². The van der Waals surface area contributed by atoms with Crippen LogP contribution in [0.5, 0.6) is 0 Å². The number of urea groups is 1. The van der Waals surface area contributed by atoms with Gasteiger partial charge < -0.3 is 16.4 Å². The number of carbonyl (C=O) groups excluding carboxylic acids is 1. The van der Waals surface area contributed by atoms with Crippen LogP contribution in [0, 0.1) is 13.8 Å². The van der Waals surface area contributed by atoms with E-state index in [1.807, 2.05) is 32.0 Å². The predicted octanol–water partition coefficient (Wildman–Crippen LogP) is 4.88. The van der Waals surface area contributed by atoms with Gasteiger partial charge in [-0.2, -0.15) is 13.2 Å². The molecule has 0 aromatic heterocycles. The maximum atomic E-state index is 12.7. The largest absolute Gasteiger partial charge is 0.416 e. The third-order valence-corrected chi connectivity index (χ3v) is 4.01. The Kier molecular flexibility index (Phi) is 5.47. The Labute approximate surface area is 148 Å². The van der Waals surface area contributed by atoms with Crippen molar-refractivity contribution in [2.24, 2.45) is 0 Å². The topological polar surface area (TPSA) is 67.2 Å². The maximum absolute atomic E-state index is 12.7. The first-order chi connectivity index (χ1) is 11.6. The molecule has 0 aliphatic heterocycles. The van der Waals surface area contributed by atoms with E-state index < -0.39 is 17.8 Å². The molecule has 0 atom stereocenters. The molecule has 4 nitrogen and oxygen atoms in total. The maximum Gasteiger partial charge on any atom is 0.416 e. The standard InChI is InChI=1S/C17H17ClF3N3O/c1-9-3-4-11(5-10(9)2)8-23-16(25)24-15-13(18)6-12(7-14(15)22)17(19,20)21/h3-7H,8,22H2,1-2H3,(H2,23,24,25). The number of amides is 2. The molecule has 8 heteroatoms. The highest BCUT2D eigenvalue weighted by Crippen LogP contribution is 2.37. The summed E-state index contributed by atoms with van der Waals surface area (Å²) >= 11 is 5.82. The molecule has 0 spiro atoms. The Bertz CT molecular complexity index is 783. The number of alkyl halides is 3. The Hall–Kier alpha value is -2.41. The van der Waals surface area contributed by atoms with Crippen LogP contribution in [0.4, 0.5) is 29.3 Å².